The van der Waals surface area contributed by atoms with Gasteiger partial charge in [-0.1, -0.05) is 6.07 Å². The van der Waals surface area contributed by atoms with Crippen molar-refractivity contribution >= 4 is 5.69 Å². The van der Waals surface area contributed by atoms with Crippen LogP contribution in [0.3, 0.4) is 0 Å². The maximum atomic E-state index is 10.7. The Morgan fingerprint density at radius 2 is 2.28 bits per heavy atom. The number of nitro benzene ring substituents is 1. The lowest BCUT2D eigenvalue weighted by molar-refractivity contribution is -0.385. The second-order valence-corrected chi connectivity index (χ2v) is 4.61. The van der Waals surface area contributed by atoms with Crippen LogP contribution in [0.5, 0.6) is 5.75 Å². The van der Waals surface area contributed by atoms with Gasteiger partial charge in [0, 0.05) is 19.2 Å². The van der Waals surface area contributed by atoms with Crippen molar-refractivity contribution in [3.8, 4) is 5.75 Å². The molecule has 0 spiro atoms. The summed E-state index contributed by atoms with van der Waals surface area (Å²) in [4.78, 5) is 12.2. The van der Waals surface area contributed by atoms with Gasteiger partial charge in [-0.15, -0.1) is 0 Å². The number of nitrogens with zero attached hydrogens (tertiary/aromatic N) is 2. The number of phenolic OH excluding ortho intramolecular Hbond substituents is 1. The zero-order valence-electron chi connectivity index (χ0n) is 9.95. The number of phenols is 1. The summed E-state index contributed by atoms with van der Waals surface area (Å²) in [5, 5.41) is 29.6. The van der Waals surface area contributed by atoms with E-state index < -0.39 is 4.92 Å². The predicted molar refractivity (Wildman–Crippen MR) is 65.3 cm³/mol. The molecule has 1 fully saturated rings. The standard InChI is InChI=1S/C12H16N2O4/c15-10-2-1-5-13(8-10)7-9-3-4-12(16)11(6-9)14(17)18/h3-4,6,10,15-16H,1-2,5,7-8H2. The topological polar surface area (TPSA) is 86.8 Å². The van der Waals surface area contributed by atoms with Gasteiger partial charge in [0.1, 0.15) is 0 Å². The minimum atomic E-state index is -0.593. The van der Waals surface area contributed by atoms with Crippen LogP contribution in [0.2, 0.25) is 0 Å². The lowest BCUT2D eigenvalue weighted by Gasteiger charge is -2.29. The van der Waals surface area contributed by atoms with Crippen LogP contribution >= 0.6 is 0 Å². The number of piperidine rings is 1. The molecule has 2 rings (SSSR count). The summed E-state index contributed by atoms with van der Waals surface area (Å²) in [6.45, 7) is 2.03. The molecule has 0 radical (unpaired) electrons. The van der Waals surface area contributed by atoms with E-state index in [4.69, 9.17) is 0 Å². The summed E-state index contributed by atoms with van der Waals surface area (Å²) in [5.74, 6) is -0.317. The Hall–Kier alpha value is -1.66. The number of nitro groups is 1. The van der Waals surface area contributed by atoms with Crippen molar-refractivity contribution in [3.05, 3.63) is 33.9 Å². The van der Waals surface area contributed by atoms with Crippen molar-refractivity contribution in [1.29, 1.82) is 0 Å². The number of aliphatic hydroxyl groups excluding tert-OH is 1. The number of hydrogen-bond donors (Lipinski definition) is 2. The second-order valence-electron chi connectivity index (χ2n) is 4.61. The van der Waals surface area contributed by atoms with Gasteiger partial charge >= 0.3 is 5.69 Å². The first-order valence-corrected chi connectivity index (χ1v) is 5.93. The van der Waals surface area contributed by atoms with E-state index in [0.717, 1.165) is 24.9 Å². The fraction of sp³-hybridized carbons (Fsp3) is 0.500. The molecule has 0 saturated carbocycles. The minimum Gasteiger partial charge on any atom is -0.502 e. The highest BCUT2D eigenvalue weighted by atomic mass is 16.6. The molecule has 1 saturated heterocycles. The molecule has 0 amide bonds. The molecular weight excluding hydrogens is 236 g/mol. The SMILES string of the molecule is O=[N+]([O-])c1cc(CN2CCCC(O)C2)ccc1O. The van der Waals surface area contributed by atoms with Crippen molar-refractivity contribution in [1.82, 2.24) is 4.90 Å². The fourth-order valence-electron chi connectivity index (χ4n) is 2.25. The zero-order chi connectivity index (χ0) is 13.1. The van der Waals surface area contributed by atoms with E-state index in [-0.39, 0.29) is 17.5 Å². The Labute approximate surface area is 105 Å². The molecule has 1 aliphatic rings. The summed E-state index contributed by atoms with van der Waals surface area (Å²) in [7, 11) is 0. The van der Waals surface area contributed by atoms with E-state index in [2.05, 4.69) is 4.90 Å². The van der Waals surface area contributed by atoms with Crippen LogP contribution < -0.4 is 0 Å². The van der Waals surface area contributed by atoms with E-state index in [1.54, 1.807) is 6.07 Å². The van der Waals surface area contributed by atoms with Gasteiger partial charge in [-0.2, -0.15) is 0 Å². The van der Waals surface area contributed by atoms with Gasteiger partial charge in [-0.25, -0.2) is 0 Å². The predicted octanol–water partition coefficient (Wildman–Crippen LogP) is 1.26. The first kappa shape index (κ1) is 12.8. The third kappa shape index (κ3) is 2.96. The molecule has 1 aliphatic heterocycles. The van der Waals surface area contributed by atoms with Crippen molar-refractivity contribution < 1.29 is 15.1 Å². The monoisotopic (exact) mass is 252 g/mol. The molecule has 1 heterocycles. The number of rotatable bonds is 3. The van der Waals surface area contributed by atoms with Gasteiger partial charge in [-0.05, 0) is 31.0 Å². The van der Waals surface area contributed by atoms with Crippen molar-refractivity contribution in [3.63, 3.8) is 0 Å². The molecular formula is C12H16N2O4. The van der Waals surface area contributed by atoms with E-state index in [1.807, 2.05) is 0 Å². The van der Waals surface area contributed by atoms with Crippen LogP contribution in [0.25, 0.3) is 0 Å². The Morgan fingerprint density at radius 3 is 2.94 bits per heavy atom. The van der Waals surface area contributed by atoms with E-state index in [9.17, 15) is 20.3 Å². The molecule has 1 aromatic carbocycles. The quantitative estimate of drug-likeness (QED) is 0.624. The van der Waals surface area contributed by atoms with Gasteiger partial charge in [0.05, 0.1) is 11.0 Å². The molecule has 1 atom stereocenters. The summed E-state index contributed by atoms with van der Waals surface area (Å²) < 4.78 is 0. The molecule has 0 bridgehead atoms. The Balaban J connectivity index is 2.09. The highest BCUT2D eigenvalue weighted by Gasteiger charge is 2.19. The third-order valence-corrected chi connectivity index (χ3v) is 3.12. The molecule has 1 aromatic rings. The van der Waals surface area contributed by atoms with Crippen LogP contribution in [0.1, 0.15) is 18.4 Å². The molecule has 0 aromatic heterocycles. The zero-order valence-corrected chi connectivity index (χ0v) is 9.95. The van der Waals surface area contributed by atoms with Crippen molar-refractivity contribution in [2.75, 3.05) is 13.1 Å². The minimum absolute atomic E-state index is 0.273. The van der Waals surface area contributed by atoms with E-state index >= 15 is 0 Å². The van der Waals surface area contributed by atoms with Crippen molar-refractivity contribution in [2.45, 2.75) is 25.5 Å². The number of aliphatic hydroxyl groups is 1. The first-order valence-electron chi connectivity index (χ1n) is 5.93. The molecule has 18 heavy (non-hydrogen) atoms. The number of aromatic hydroxyl groups is 1. The van der Waals surface area contributed by atoms with Crippen LogP contribution in [-0.2, 0) is 6.54 Å². The molecule has 1 unspecified atom stereocenters. The van der Waals surface area contributed by atoms with Gasteiger partial charge in [-0.3, -0.25) is 15.0 Å². The van der Waals surface area contributed by atoms with Crippen LogP contribution in [-0.4, -0.2) is 39.2 Å². The lowest BCUT2D eigenvalue weighted by atomic mass is 10.1. The molecule has 2 N–H and O–H groups in total. The summed E-state index contributed by atoms with van der Waals surface area (Å²) in [6, 6.07) is 4.40. The average Bonchev–Trinajstić information content (AvgIpc) is 2.31. The maximum absolute atomic E-state index is 10.7. The average molecular weight is 252 g/mol. The smallest absolute Gasteiger partial charge is 0.311 e. The summed E-state index contributed by atoms with van der Waals surface area (Å²) >= 11 is 0. The number of likely N-dealkylation sites (tertiary alicyclic amines) is 1. The normalized spacial score (nSPS) is 20.8. The third-order valence-electron chi connectivity index (χ3n) is 3.12. The van der Waals surface area contributed by atoms with Crippen LogP contribution in [0, 0.1) is 10.1 Å². The van der Waals surface area contributed by atoms with Gasteiger partial charge in [0.25, 0.3) is 0 Å². The van der Waals surface area contributed by atoms with E-state index in [1.165, 1.54) is 12.1 Å². The highest BCUT2D eigenvalue weighted by molar-refractivity contribution is 5.47. The Bertz CT molecular complexity index is 450. The summed E-state index contributed by atoms with van der Waals surface area (Å²) in [5.41, 5.74) is 0.499. The highest BCUT2D eigenvalue weighted by Crippen LogP contribution is 2.27. The number of β-amino-alcohol motifs (C(OH)–C–C–N with tert-alkyl or cyclic N) is 1. The Kier molecular flexibility index (Phi) is 3.78. The Morgan fingerprint density at radius 1 is 1.50 bits per heavy atom. The van der Waals surface area contributed by atoms with Crippen LogP contribution in [0.15, 0.2) is 18.2 Å². The lowest BCUT2D eigenvalue weighted by Crippen LogP contribution is -2.37. The van der Waals surface area contributed by atoms with E-state index in [0.29, 0.717) is 13.1 Å². The number of benzene rings is 1. The van der Waals surface area contributed by atoms with Gasteiger partial charge in [0.2, 0.25) is 0 Å². The van der Waals surface area contributed by atoms with Gasteiger partial charge in [0.15, 0.2) is 5.75 Å². The largest absolute Gasteiger partial charge is 0.502 e. The molecule has 98 valence electrons. The molecule has 6 nitrogen and oxygen atoms in total. The van der Waals surface area contributed by atoms with Crippen molar-refractivity contribution in [2.24, 2.45) is 0 Å². The fourth-order valence-corrected chi connectivity index (χ4v) is 2.25. The molecule has 0 aliphatic carbocycles. The van der Waals surface area contributed by atoms with Gasteiger partial charge < -0.3 is 10.2 Å². The second kappa shape index (κ2) is 5.32. The number of hydrogen-bond acceptors (Lipinski definition) is 5. The maximum Gasteiger partial charge on any atom is 0.311 e. The first-order chi connectivity index (χ1) is 8.56. The summed E-state index contributed by atoms with van der Waals surface area (Å²) in [6.07, 6.45) is 1.43. The molecule has 6 heteroatoms. The van der Waals surface area contributed by atoms with Crippen LogP contribution in [0.4, 0.5) is 5.69 Å².